The molecule has 3 N–H and O–H groups in total. The molecule has 4 aromatic rings. The Kier molecular flexibility index (Phi) is 10.6. The molecule has 0 saturated heterocycles. The van der Waals surface area contributed by atoms with Crippen LogP contribution in [0.2, 0.25) is 0 Å². The molecule has 0 unspecified atom stereocenters. The molecular weight excluding hydrogens is 636 g/mol. The number of methoxy groups -OCH3 is 2. The van der Waals surface area contributed by atoms with Crippen LogP contribution in [0.4, 0.5) is 0 Å². The van der Waals surface area contributed by atoms with E-state index >= 15 is 0 Å². The van der Waals surface area contributed by atoms with Crippen LogP contribution in [0.15, 0.2) is 84.9 Å². The van der Waals surface area contributed by atoms with Crippen molar-refractivity contribution in [2.45, 2.75) is 57.5 Å². The highest BCUT2D eigenvalue weighted by Crippen LogP contribution is 2.33. The number of fused-ring (bicyclic) bond motifs is 2. The van der Waals surface area contributed by atoms with Gasteiger partial charge in [-0.3, -0.25) is 9.59 Å². The number of rotatable bonds is 9. The minimum absolute atomic E-state index is 0.269. The number of ether oxygens (including phenoxy) is 3. The summed E-state index contributed by atoms with van der Waals surface area (Å²) in [4.78, 5) is 50.4. The summed E-state index contributed by atoms with van der Waals surface area (Å²) in [6.45, 7) is 5.64. The van der Waals surface area contributed by atoms with Crippen molar-refractivity contribution in [1.29, 1.82) is 0 Å². The van der Waals surface area contributed by atoms with Gasteiger partial charge in [-0.2, -0.15) is 0 Å². The maximum atomic E-state index is 13.0. The lowest BCUT2D eigenvalue weighted by Crippen LogP contribution is -2.56. The normalized spacial score (nSPS) is 14.6. The van der Waals surface area contributed by atoms with Gasteiger partial charge >= 0.3 is 11.9 Å². The minimum atomic E-state index is -1.31. The van der Waals surface area contributed by atoms with E-state index in [2.05, 4.69) is 10.6 Å². The van der Waals surface area contributed by atoms with Gasteiger partial charge in [0.15, 0.2) is 0 Å². The van der Waals surface area contributed by atoms with Gasteiger partial charge in [0.2, 0.25) is 0 Å². The molecule has 260 valence electrons. The predicted octanol–water partition coefficient (Wildman–Crippen LogP) is 5.19. The fraction of sp³-hybridized carbons (Fsp3) is 0.300. The number of carboxylic acid groups (broad SMARTS) is 1. The van der Waals surface area contributed by atoms with E-state index in [4.69, 9.17) is 14.2 Å². The largest absolute Gasteiger partial charge is 0.496 e. The highest BCUT2D eigenvalue weighted by atomic mass is 16.5. The summed E-state index contributed by atoms with van der Waals surface area (Å²) in [5, 5.41) is 15.5. The lowest BCUT2D eigenvalue weighted by Gasteiger charge is -2.28. The Morgan fingerprint density at radius 3 is 1.36 bits per heavy atom. The lowest BCUT2D eigenvalue weighted by molar-refractivity contribution is -0.150. The van der Waals surface area contributed by atoms with E-state index < -0.39 is 28.9 Å². The molecule has 6 rings (SSSR count). The zero-order valence-electron chi connectivity index (χ0n) is 28.9. The van der Waals surface area contributed by atoms with Crippen molar-refractivity contribution in [3.63, 3.8) is 0 Å². The molecule has 0 radical (unpaired) electrons. The summed E-state index contributed by atoms with van der Waals surface area (Å²) in [5.74, 6) is -0.888. The number of amides is 2. The molecule has 0 aromatic heterocycles. The molecule has 50 heavy (non-hydrogen) atoms. The molecule has 0 spiro atoms. The predicted molar refractivity (Wildman–Crippen MR) is 188 cm³/mol. The Balaban J connectivity index is 0.000000195. The Morgan fingerprint density at radius 2 is 1.00 bits per heavy atom. The van der Waals surface area contributed by atoms with Crippen LogP contribution in [0.1, 0.15) is 61.0 Å². The summed E-state index contributed by atoms with van der Waals surface area (Å²) in [5.41, 5.74) is 3.99. The summed E-state index contributed by atoms with van der Waals surface area (Å²) >= 11 is 0. The number of carboxylic acids is 1. The second kappa shape index (κ2) is 14.9. The molecule has 10 nitrogen and oxygen atoms in total. The maximum Gasteiger partial charge on any atom is 0.332 e. The molecule has 0 heterocycles. The van der Waals surface area contributed by atoms with E-state index in [1.807, 2.05) is 55.5 Å². The molecule has 0 atom stereocenters. The third-order valence-corrected chi connectivity index (χ3v) is 9.48. The van der Waals surface area contributed by atoms with Crippen molar-refractivity contribution in [2.75, 3.05) is 20.8 Å². The lowest BCUT2D eigenvalue weighted by atomic mass is 9.94. The van der Waals surface area contributed by atoms with Gasteiger partial charge in [-0.05, 0) is 67.3 Å². The van der Waals surface area contributed by atoms with E-state index in [9.17, 15) is 24.3 Å². The summed E-state index contributed by atoms with van der Waals surface area (Å²) in [7, 11) is 3.11. The Labute approximate surface area is 291 Å². The summed E-state index contributed by atoms with van der Waals surface area (Å²) in [6.07, 6.45) is 1.42. The minimum Gasteiger partial charge on any atom is -0.496 e. The van der Waals surface area contributed by atoms with Crippen LogP contribution in [-0.2, 0) is 40.0 Å². The average Bonchev–Trinajstić information content (AvgIpc) is 3.68. The van der Waals surface area contributed by atoms with Gasteiger partial charge in [-0.25, -0.2) is 9.59 Å². The van der Waals surface area contributed by atoms with Gasteiger partial charge in [0.05, 0.1) is 20.8 Å². The molecule has 4 aromatic carbocycles. The van der Waals surface area contributed by atoms with Gasteiger partial charge in [0.25, 0.3) is 11.8 Å². The van der Waals surface area contributed by atoms with Crippen LogP contribution in [0.25, 0.3) is 0 Å². The second-order valence-corrected chi connectivity index (χ2v) is 12.6. The van der Waals surface area contributed by atoms with Gasteiger partial charge in [-0.15, -0.1) is 0 Å². The number of aliphatic carboxylic acids is 1. The van der Waals surface area contributed by atoms with E-state index in [0.29, 0.717) is 41.0 Å². The second-order valence-electron chi connectivity index (χ2n) is 12.6. The van der Waals surface area contributed by atoms with Crippen LogP contribution in [0.3, 0.4) is 0 Å². The summed E-state index contributed by atoms with van der Waals surface area (Å²) in [6, 6.07) is 25.9. The highest BCUT2D eigenvalue weighted by molar-refractivity contribution is 6.01. The van der Waals surface area contributed by atoms with Crippen molar-refractivity contribution >= 4 is 23.8 Å². The molecule has 0 fully saturated rings. The fourth-order valence-corrected chi connectivity index (χ4v) is 6.81. The zero-order valence-corrected chi connectivity index (χ0v) is 28.9. The molecule has 2 aliphatic carbocycles. The van der Waals surface area contributed by atoms with Crippen LogP contribution in [0, 0.1) is 13.8 Å². The van der Waals surface area contributed by atoms with Crippen molar-refractivity contribution in [2.24, 2.45) is 0 Å². The van der Waals surface area contributed by atoms with Crippen molar-refractivity contribution in [1.82, 2.24) is 10.6 Å². The van der Waals surface area contributed by atoms with Crippen LogP contribution < -0.4 is 20.1 Å². The molecule has 2 amide bonds. The zero-order chi connectivity index (χ0) is 36.1. The number of esters is 1. The van der Waals surface area contributed by atoms with Crippen LogP contribution in [-0.4, -0.2) is 60.8 Å². The SMILES string of the molecule is CCOC(=O)C1(NC(=O)c2cccc(OC)c2C)Cc2ccccc2C1.COc1cccc(C(=O)NC2(C(=O)O)Cc3ccccc3C2)c1C. The highest BCUT2D eigenvalue weighted by Gasteiger charge is 2.47. The van der Waals surface area contributed by atoms with Crippen molar-refractivity contribution in [3.05, 3.63) is 129 Å². The van der Waals surface area contributed by atoms with Gasteiger partial charge < -0.3 is 30.0 Å². The smallest absolute Gasteiger partial charge is 0.332 e. The van der Waals surface area contributed by atoms with Gasteiger partial charge in [-0.1, -0.05) is 60.7 Å². The Morgan fingerprint density at radius 1 is 0.620 bits per heavy atom. The first-order chi connectivity index (χ1) is 24.0. The number of benzene rings is 4. The standard InChI is InChI=1S/C21H23NO4.C19H19NO4/c1-4-26-20(24)21(12-15-8-5-6-9-16(15)13-21)22-19(23)17-10-7-11-18(25-3)14(17)2;1-12-15(8-5-9-16(12)24-2)17(21)20-19(18(22)23)10-13-6-3-4-7-14(13)11-19/h5-11H,4,12-13H2,1-3H3,(H,22,23);3-9H,10-11H2,1-2H3,(H,20,21)(H,22,23). The summed E-state index contributed by atoms with van der Waals surface area (Å²) < 4.78 is 15.8. The van der Waals surface area contributed by atoms with E-state index in [1.54, 1.807) is 57.4 Å². The first-order valence-electron chi connectivity index (χ1n) is 16.4. The Hall–Kier alpha value is -5.64. The number of nitrogens with one attached hydrogen (secondary N) is 2. The third-order valence-electron chi connectivity index (χ3n) is 9.48. The molecule has 10 heteroatoms. The first kappa shape index (κ1) is 35.7. The molecule has 0 saturated carbocycles. The molecule has 2 aliphatic rings. The molecule has 0 bridgehead atoms. The van der Waals surface area contributed by atoms with E-state index in [-0.39, 0.29) is 25.4 Å². The van der Waals surface area contributed by atoms with Crippen LogP contribution >= 0.6 is 0 Å². The Bertz CT molecular complexity index is 1880. The monoisotopic (exact) mass is 678 g/mol. The maximum absolute atomic E-state index is 13.0. The molecule has 0 aliphatic heterocycles. The molecular formula is C40H42N2O8. The van der Waals surface area contributed by atoms with Gasteiger partial charge in [0, 0.05) is 47.9 Å². The van der Waals surface area contributed by atoms with E-state index in [1.165, 1.54) is 7.11 Å². The average molecular weight is 679 g/mol. The topological polar surface area (TPSA) is 140 Å². The van der Waals surface area contributed by atoms with Crippen molar-refractivity contribution in [3.8, 4) is 11.5 Å². The first-order valence-corrected chi connectivity index (χ1v) is 16.4. The van der Waals surface area contributed by atoms with E-state index in [0.717, 1.165) is 27.8 Å². The van der Waals surface area contributed by atoms with Crippen molar-refractivity contribution < 1.29 is 38.5 Å². The third kappa shape index (κ3) is 7.05. The van der Waals surface area contributed by atoms with Crippen LogP contribution in [0.5, 0.6) is 11.5 Å². The fourth-order valence-electron chi connectivity index (χ4n) is 6.81. The quantitative estimate of drug-likeness (QED) is 0.206. The number of carbonyl (C=O) groups excluding carboxylic acids is 3. The number of hydrogen-bond acceptors (Lipinski definition) is 7. The van der Waals surface area contributed by atoms with Gasteiger partial charge in [0.1, 0.15) is 22.6 Å². The number of hydrogen-bond donors (Lipinski definition) is 3. The number of carbonyl (C=O) groups is 4.